The van der Waals surface area contributed by atoms with E-state index in [9.17, 15) is 0 Å². The predicted molar refractivity (Wildman–Crippen MR) is 78.3 cm³/mol. The molecule has 5 unspecified atom stereocenters. The van der Waals surface area contributed by atoms with E-state index in [4.69, 9.17) is 10.5 Å². The van der Waals surface area contributed by atoms with Crippen LogP contribution in [0.1, 0.15) is 44.6 Å². The molecule has 3 nitrogen and oxygen atoms in total. The van der Waals surface area contributed by atoms with Gasteiger partial charge in [-0.2, -0.15) is 0 Å². The lowest BCUT2D eigenvalue weighted by molar-refractivity contribution is 0.156. The maximum atomic E-state index is 6.89. The van der Waals surface area contributed by atoms with Gasteiger partial charge < -0.3 is 10.5 Å². The second-order valence-corrected chi connectivity index (χ2v) is 6.95. The van der Waals surface area contributed by atoms with Crippen LogP contribution in [-0.2, 0) is 5.54 Å². The van der Waals surface area contributed by atoms with Gasteiger partial charge in [-0.05, 0) is 67.9 Å². The van der Waals surface area contributed by atoms with Gasteiger partial charge in [0, 0.05) is 11.7 Å². The van der Waals surface area contributed by atoms with Crippen LogP contribution >= 0.6 is 0 Å². The van der Waals surface area contributed by atoms with E-state index >= 15 is 0 Å². The molecule has 3 heteroatoms. The Morgan fingerprint density at radius 1 is 1.35 bits per heavy atom. The van der Waals surface area contributed by atoms with Crippen LogP contribution < -0.4 is 10.5 Å². The van der Waals surface area contributed by atoms with E-state index in [-0.39, 0.29) is 5.54 Å². The van der Waals surface area contributed by atoms with Crippen molar-refractivity contribution in [3.8, 4) is 5.75 Å². The first-order valence-electron chi connectivity index (χ1n) is 8.09. The van der Waals surface area contributed by atoms with Gasteiger partial charge >= 0.3 is 0 Å². The third kappa shape index (κ3) is 1.65. The highest BCUT2D eigenvalue weighted by atomic mass is 16.5. The fourth-order valence-corrected chi connectivity index (χ4v) is 5.44. The minimum atomic E-state index is -0.156. The molecule has 0 aliphatic heterocycles. The van der Waals surface area contributed by atoms with Crippen molar-refractivity contribution in [2.45, 2.75) is 44.6 Å². The monoisotopic (exact) mass is 272 g/mol. The zero-order valence-corrected chi connectivity index (χ0v) is 12.2. The van der Waals surface area contributed by atoms with Crippen LogP contribution in [0.3, 0.4) is 0 Å². The first kappa shape index (κ1) is 12.6. The molecule has 0 spiro atoms. The summed E-state index contributed by atoms with van der Waals surface area (Å²) in [6, 6.07) is 2.13. The van der Waals surface area contributed by atoms with Crippen LogP contribution in [0.15, 0.2) is 18.5 Å². The Hall–Kier alpha value is -1.09. The molecule has 0 saturated heterocycles. The summed E-state index contributed by atoms with van der Waals surface area (Å²) in [5, 5.41) is 0. The molecule has 108 valence electrons. The summed E-state index contributed by atoms with van der Waals surface area (Å²) in [5.74, 6) is 4.22. The smallest absolute Gasteiger partial charge is 0.137 e. The molecule has 5 atom stereocenters. The molecule has 3 fully saturated rings. The SMILES string of the molecule is CCOc1cncc(C2(N)CC3CC2C2CCCC32)c1. The summed E-state index contributed by atoms with van der Waals surface area (Å²) in [4.78, 5) is 4.36. The molecule has 3 aliphatic rings. The number of ether oxygens (including phenoxy) is 1. The fourth-order valence-electron chi connectivity index (χ4n) is 5.44. The van der Waals surface area contributed by atoms with E-state index in [2.05, 4.69) is 11.1 Å². The summed E-state index contributed by atoms with van der Waals surface area (Å²) >= 11 is 0. The number of nitrogens with zero attached hydrogens (tertiary/aromatic N) is 1. The molecular weight excluding hydrogens is 248 g/mol. The standard InChI is InChI=1S/C17H24N2O/c1-2-20-13-7-12(9-19-10-13)17(18)8-11-6-16(17)15-5-3-4-14(11)15/h7,9-11,14-16H,2-6,8,18H2,1H3. The Morgan fingerprint density at radius 3 is 3.05 bits per heavy atom. The minimum absolute atomic E-state index is 0.156. The number of hydrogen-bond acceptors (Lipinski definition) is 3. The van der Waals surface area contributed by atoms with Crippen molar-refractivity contribution in [1.82, 2.24) is 4.98 Å². The molecule has 1 aromatic heterocycles. The quantitative estimate of drug-likeness (QED) is 0.920. The van der Waals surface area contributed by atoms with Crippen molar-refractivity contribution in [3.05, 3.63) is 24.0 Å². The highest BCUT2D eigenvalue weighted by Crippen LogP contribution is 2.64. The van der Waals surface area contributed by atoms with Gasteiger partial charge in [0.1, 0.15) is 5.75 Å². The summed E-state index contributed by atoms with van der Waals surface area (Å²) in [6.07, 6.45) is 10.5. The maximum Gasteiger partial charge on any atom is 0.137 e. The van der Waals surface area contributed by atoms with E-state index in [1.165, 1.54) is 31.2 Å². The largest absolute Gasteiger partial charge is 0.492 e. The van der Waals surface area contributed by atoms with Crippen molar-refractivity contribution >= 4 is 0 Å². The number of fused-ring (bicyclic) bond motifs is 5. The molecule has 2 N–H and O–H groups in total. The van der Waals surface area contributed by atoms with Crippen molar-refractivity contribution in [3.63, 3.8) is 0 Å². The second-order valence-electron chi connectivity index (χ2n) is 6.95. The molecule has 0 radical (unpaired) electrons. The van der Waals surface area contributed by atoms with Crippen molar-refractivity contribution in [1.29, 1.82) is 0 Å². The number of hydrogen-bond donors (Lipinski definition) is 1. The molecule has 4 rings (SSSR count). The van der Waals surface area contributed by atoms with Crippen molar-refractivity contribution in [2.75, 3.05) is 6.61 Å². The molecule has 3 saturated carbocycles. The lowest BCUT2D eigenvalue weighted by atomic mass is 9.69. The van der Waals surface area contributed by atoms with Crippen LogP contribution in [0.2, 0.25) is 0 Å². The minimum Gasteiger partial charge on any atom is -0.492 e. The number of nitrogens with two attached hydrogens (primary N) is 1. The van der Waals surface area contributed by atoms with Gasteiger partial charge in [0.05, 0.1) is 12.8 Å². The van der Waals surface area contributed by atoms with Crippen LogP contribution in [-0.4, -0.2) is 11.6 Å². The number of pyridine rings is 1. The van der Waals surface area contributed by atoms with Gasteiger partial charge in [0.2, 0.25) is 0 Å². The Bertz CT molecular complexity index is 517. The Kier molecular flexibility index (Phi) is 2.81. The molecule has 0 amide bonds. The highest BCUT2D eigenvalue weighted by molar-refractivity contribution is 5.33. The van der Waals surface area contributed by atoms with Crippen LogP contribution in [0.5, 0.6) is 5.75 Å². The van der Waals surface area contributed by atoms with Gasteiger partial charge in [0.15, 0.2) is 0 Å². The first-order valence-corrected chi connectivity index (χ1v) is 8.09. The zero-order chi connectivity index (χ0) is 13.7. The lowest BCUT2D eigenvalue weighted by Gasteiger charge is -2.40. The van der Waals surface area contributed by atoms with Crippen LogP contribution in [0.4, 0.5) is 0 Å². The van der Waals surface area contributed by atoms with E-state index < -0.39 is 0 Å². The summed E-state index contributed by atoms with van der Waals surface area (Å²) < 4.78 is 5.60. The fraction of sp³-hybridized carbons (Fsp3) is 0.706. The van der Waals surface area contributed by atoms with Crippen molar-refractivity contribution < 1.29 is 4.74 Å². The van der Waals surface area contributed by atoms with E-state index in [0.29, 0.717) is 12.5 Å². The molecule has 20 heavy (non-hydrogen) atoms. The van der Waals surface area contributed by atoms with Crippen LogP contribution in [0, 0.1) is 23.7 Å². The van der Waals surface area contributed by atoms with Crippen molar-refractivity contribution in [2.24, 2.45) is 29.4 Å². The Balaban J connectivity index is 1.66. The van der Waals surface area contributed by atoms with Gasteiger partial charge in [0.25, 0.3) is 0 Å². The molecule has 1 aromatic rings. The van der Waals surface area contributed by atoms with E-state index in [1.54, 1.807) is 6.20 Å². The third-order valence-electron chi connectivity index (χ3n) is 6.13. The molecule has 2 bridgehead atoms. The van der Waals surface area contributed by atoms with Gasteiger partial charge in [-0.15, -0.1) is 0 Å². The normalized spacial score (nSPS) is 41.9. The van der Waals surface area contributed by atoms with Crippen LogP contribution in [0.25, 0.3) is 0 Å². The molecule has 0 aromatic carbocycles. The van der Waals surface area contributed by atoms with Gasteiger partial charge in [-0.25, -0.2) is 0 Å². The van der Waals surface area contributed by atoms with E-state index in [1.807, 2.05) is 13.1 Å². The molecule has 3 aliphatic carbocycles. The average molecular weight is 272 g/mol. The maximum absolute atomic E-state index is 6.89. The Morgan fingerprint density at radius 2 is 2.20 bits per heavy atom. The number of rotatable bonds is 3. The summed E-state index contributed by atoms with van der Waals surface area (Å²) in [7, 11) is 0. The molecular formula is C17H24N2O. The summed E-state index contributed by atoms with van der Waals surface area (Å²) in [5.41, 5.74) is 7.93. The third-order valence-corrected chi connectivity index (χ3v) is 6.13. The molecule has 1 heterocycles. The second kappa shape index (κ2) is 4.45. The first-order chi connectivity index (χ1) is 9.72. The predicted octanol–water partition coefficient (Wildman–Crippen LogP) is 3.09. The highest BCUT2D eigenvalue weighted by Gasteiger charge is 2.59. The average Bonchev–Trinajstić information content (AvgIpc) is 3.10. The Labute approximate surface area is 120 Å². The lowest BCUT2D eigenvalue weighted by Crippen LogP contribution is -2.46. The van der Waals surface area contributed by atoms with Gasteiger partial charge in [-0.3, -0.25) is 4.98 Å². The topological polar surface area (TPSA) is 48.1 Å². The summed E-state index contributed by atoms with van der Waals surface area (Å²) in [6.45, 7) is 2.69. The number of aromatic nitrogens is 1. The van der Waals surface area contributed by atoms with E-state index in [0.717, 1.165) is 29.9 Å². The zero-order valence-electron chi connectivity index (χ0n) is 12.2. The van der Waals surface area contributed by atoms with Gasteiger partial charge in [-0.1, -0.05) is 6.42 Å².